The Morgan fingerprint density at radius 1 is 1.29 bits per heavy atom. The fourth-order valence-electron chi connectivity index (χ4n) is 1.39. The largest absolute Gasteiger partial charge is 0.504 e. The summed E-state index contributed by atoms with van der Waals surface area (Å²) in [7, 11) is 0. The monoisotopic (exact) mass is 234 g/mol. The van der Waals surface area contributed by atoms with Crippen LogP contribution < -0.4 is 0 Å². The quantitative estimate of drug-likeness (QED) is 0.798. The molecule has 0 bridgehead atoms. The minimum Gasteiger partial charge on any atom is -0.504 e. The molecule has 1 aromatic heterocycles. The third kappa shape index (κ3) is 2.22. The highest BCUT2D eigenvalue weighted by atomic mass is 16.5. The van der Waals surface area contributed by atoms with Crippen LogP contribution in [0.15, 0.2) is 22.7 Å². The molecule has 0 aliphatic carbocycles. The fourth-order valence-corrected chi connectivity index (χ4v) is 1.39. The number of aromatic nitrogens is 2. The van der Waals surface area contributed by atoms with Gasteiger partial charge in [0, 0.05) is 11.5 Å². The van der Waals surface area contributed by atoms with E-state index in [2.05, 4.69) is 10.1 Å². The maximum Gasteiger partial charge on any atom is 0.258 e. The molecule has 5 heteroatoms. The molecule has 1 aromatic carbocycles. The number of hydrogen-bond donors (Lipinski definition) is 2. The average molecular weight is 234 g/mol. The number of aromatic hydroxyl groups is 2. The summed E-state index contributed by atoms with van der Waals surface area (Å²) in [5.74, 6) is 0.852. The van der Waals surface area contributed by atoms with E-state index in [0.717, 1.165) is 6.42 Å². The lowest BCUT2D eigenvalue weighted by Gasteiger charge is -1.99. The molecular weight excluding hydrogens is 220 g/mol. The molecule has 0 amide bonds. The molecule has 0 radical (unpaired) electrons. The van der Waals surface area contributed by atoms with E-state index in [1.807, 2.05) is 13.8 Å². The summed E-state index contributed by atoms with van der Waals surface area (Å²) >= 11 is 0. The van der Waals surface area contributed by atoms with E-state index in [1.54, 1.807) is 6.07 Å². The lowest BCUT2D eigenvalue weighted by Crippen LogP contribution is -1.93. The minimum atomic E-state index is -0.203. The van der Waals surface area contributed by atoms with Crippen molar-refractivity contribution in [1.82, 2.24) is 10.1 Å². The van der Waals surface area contributed by atoms with Gasteiger partial charge in [-0.15, -0.1) is 0 Å². The van der Waals surface area contributed by atoms with Crippen molar-refractivity contribution in [1.29, 1.82) is 0 Å². The summed E-state index contributed by atoms with van der Waals surface area (Å²) in [4.78, 5) is 4.25. The second kappa shape index (κ2) is 4.45. The van der Waals surface area contributed by atoms with Crippen molar-refractivity contribution in [3.05, 3.63) is 24.0 Å². The van der Waals surface area contributed by atoms with Crippen LogP contribution in [0.1, 0.15) is 32.0 Å². The first kappa shape index (κ1) is 11.4. The van der Waals surface area contributed by atoms with E-state index < -0.39 is 0 Å². The molecule has 2 rings (SSSR count). The third-order valence-corrected chi connectivity index (χ3v) is 2.72. The molecule has 2 aromatic rings. The van der Waals surface area contributed by atoms with Gasteiger partial charge in [0.25, 0.3) is 5.89 Å². The van der Waals surface area contributed by atoms with Gasteiger partial charge in [-0.1, -0.05) is 19.0 Å². The summed E-state index contributed by atoms with van der Waals surface area (Å²) in [6.45, 7) is 4.07. The molecule has 0 aliphatic heterocycles. The maximum absolute atomic E-state index is 9.38. The molecule has 2 N–H and O–H groups in total. The Bertz CT molecular complexity index is 522. The van der Waals surface area contributed by atoms with Crippen LogP contribution in [0.3, 0.4) is 0 Å². The summed E-state index contributed by atoms with van der Waals surface area (Å²) in [5, 5.41) is 22.5. The SMILES string of the molecule is CCC(C)c1noc(-c2ccc(O)c(O)c2)n1. The fraction of sp³-hybridized carbons (Fsp3) is 0.333. The summed E-state index contributed by atoms with van der Waals surface area (Å²) in [6.07, 6.45) is 0.930. The maximum atomic E-state index is 9.38. The minimum absolute atomic E-state index is 0.171. The predicted molar refractivity (Wildman–Crippen MR) is 61.8 cm³/mol. The molecule has 0 fully saturated rings. The number of phenols is 2. The Hall–Kier alpha value is -2.04. The van der Waals surface area contributed by atoms with Gasteiger partial charge in [0.05, 0.1) is 0 Å². The molecular formula is C12H14N2O3. The van der Waals surface area contributed by atoms with Crippen LogP contribution in [0.5, 0.6) is 11.5 Å². The number of nitrogens with zero attached hydrogens (tertiary/aromatic N) is 2. The van der Waals surface area contributed by atoms with Gasteiger partial charge in [0.1, 0.15) is 0 Å². The zero-order valence-electron chi connectivity index (χ0n) is 9.71. The Morgan fingerprint density at radius 3 is 2.71 bits per heavy atom. The van der Waals surface area contributed by atoms with Gasteiger partial charge >= 0.3 is 0 Å². The van der Waals surface area contributed by atoms with Crippen molar-refractivity contribution in [3.63, 3.8) is 0 Å². The lowest BCUT2D eigenvalue weighted by atomic mass is 10.1. The van der Waals surface area contributed by atoms with Gasteiger partial charge < -0.3 is 14.7 Å². The summed E-state index contributed by atoms with van der Waals surface area (Å²) in [5.41, 5.74) is 0.586. The van der Waals surface area contributed by atoms with E-state index in [1.165, 1.54) is 12.1 Å². The van der Waals surface area contributed by atoms with Crippen LogP contribution in [-0.2, 0) is 0 Å². The number of rotatable bonds is 3. The smallest absolute Gasteiger partial charge is 0.258 e. The summed E-state index contributed by atoms with van der Waals surface area (Å²) in [6, 6.07) is 4.39. The van der Waals surface area contributed by atoms with Gasteiger partial charge in [0.15, 0.2) is 17.3 Å². The first-order valence-electron chi connectivity index (χ1n) is 5.47. The van der Waals surface area contributed by atoms with Crippen molar-refractivity contribution in [2.45, 2.75) is 26.2 Å². The highest BCUT2D eigenvalue weighted by Gasteiger charge is 2.14. The van der Waals surface area contributed by atoms with Crippen LogP contribution in [0.25, 0.3) is 11.5 Å². The third-order valence-electron chi connectivity index (χ3n) is 2.72. The lowest BCUT2D eigenvalue weighted by molar-refractivity contribution is 0.402. The van der Waals surface area contributed by atoms with Crippen molar-refractivity contribution in [3.8, 4) is 23.0 Å². The molecule has 17 heavy (non-hydrogen) atoms. The van der Waals surface area contributed by atoms with Crippen molar-refractivity contribution < 1.29 is 14.7 Å². The Balaban J connectivity index is 2.33. The van der Waals surface area contributed by atoms with Crippen LogP contribution in [-0.4, -0.2) is 20.4 Å². The van der Waals surface area contributed by atoms with Crippen molar-refractivity contribution in [2.24, 2.45) is 0 Å². The van der Waals surface area contributed by atoms with Gasteiger partial charge in [-0.2, -0.15) is 4.98 Å². The normalized spacial score (nSPS) is 12.6. The molecule has 0 saturated heterocycles. The van der Waals surface area contributed by atoms with Gasteiger partial charge in [-0.05, 0) is 24.6 Å². The number of hydrogen-bond acceptors (Lipinski definition) is 5. The van der Waals surface area contributed by atoms with Crippen LogP contribution >= 0.6 is 0 Å². The molecule has 0 saturated carbocycles. The molecule has 5 nitrogen and oxygen atoms in total. The molecule has 1 atom stereocenters. The van der Waals surface area contributed by atoms with Crippen LogP contribution in [0, 0.1) is 0 Å². The van der Waals surface area contributed by atoms with Gasteiger partial charge in [0.2, 0.25) is 0 Å². The highest BCUT2D eigenvalue weighted by Crippen LogP contribution is 2.30. The van der Waals surface area contributed by atoms with Crippen molar-refractivity contribution >= 4 is 0 Å². The van der Waals surface area contributed by atoms with Crippen LogP contribution in [0.2, 0.25) is 0 Å². The zero-order chi connectivity index (χ0) is 12.4. The van der Waals surface area contributed by atoms with E-state index >= 15 is 0 Å². The number of phenolic OH excluding ortho intramolecular Hbond substituents is 2. The first-order chi connectivity index (χ1) is 8.11. The standard InChI is InChI=1S/C12H14N2O3/c1-3-7(2)11-13-12(17-14-11)8-4-5-9(15)10(16)6-8/h4-7,15-16H,3H2,1-2H3. The number of benzene rings is 1. The first-order valence-corrected chi connectivity index (χ1v) is 5.47. The molecule has 1 unspecified atom stereocenters. The Kier molecular flexibility index (Phi) is 2.99. The Morgan fingerprint density at radius 2 is 2.06 bits per heavy atom. The molecule has 0 spiro atoms. The van der Waals surface area contributed by atoms with Crippen LogP contribution in [0.4, 0.5) is 0 Å². The van der Waals surface area contributed by atoms with Gasteiger partial charge in [-0.3, -0.25) is 0 Å². The topological polar surface area (TPSA) is 79.4 Å². The average Bonchev–Trinajstić information content (AvgIpc) is 2.81. The van der Waals surface area contributed by atoms with E-state index in [9.17, 15) is 10.2 Å². The Labute approximate surface area is 98.7 Å². The van der Waals surface area contributed by atoms with E-state index in [0.29, 0.717) is 17.3 Å². The predicted octanol–water partition coefficient (Wildman–Crippen LogP) is 2.66. The molecule has 1 heterocycles. The van der Waals surface area contributed by atoms with E-state index in [-0.39, 0.29) is 17.4 Å². The molecule has 90 valence electrons. The van der Waals surface area contributed by atoms with Crippen molar-refractivity contribution in [2.75, 3.05) is 0 Å². The van der Waals surface area contributed by atoms with E-state index in [4.69, 9.17) is 4.52 Å². The summed E-state index contributed by atoms with van der Waals surface area (Å²) < 4.78 is 5.11. The molecule has 0 aliphatic rings. The second-order valence-electron chi connectivity index (χ2n) is 3.97. The zero-order valence-corrected chi connectivity index (χ0v) is 9.71. The second-order valence-corrected chi connectivity index (χ2v) is 3.97. The highest BCUT2D eigenvalue weighted by molar-refractivity contribution is 5.58. The van der Waals surface area contributed by atoms with Gasteiger partial charge in [-0.25, -0.2) is 0 Å².